The third-order valence-corrected chi connectivity index (χ3v) is 3.66. The van der Waals surface area contributed by atoms with Crippen LogP contribution >= 0.6 is 0 Å². The van der Waals surface area contributed by atoms with Gasteiger partial charge < -0.3 is 5.73 Å². The van der Waals surface area contributed by atoms with Gasteiger partial charge in [0.1, 0.15) is 0 Å². The lowest BCUT2D eigenvalue weighted by Crippen LogP contribution is -2.39. The standard InChI is InChI=1S/C10H16F3N/c11-10(12,13)8(7-2-1-3-7)6-9(14)4-5-9/h7-8H,1-6,14H2. The number of rotatable bonds is 3. The van der Waals surface area contributed by atoms with Gasteiger partial charge in [0.15, 0.2) is 0 Å². The highest BCUT2D eigenvalue weighted by Crippen LogP contribution is 2.49. The van der Waals surface area contributed by atoms with Crippen molar-refractivity contribution >= 4 is 0 Å². The zero-order valence-electron chi connectivity index (χ0n) is 8.11. The number of hydrogen-bond acceptors (Lipinski definition) is 1. The van der Waals surface area contributed by atoms with E-state index < -0.39 is 17.6 Å². The summed E-state index contributed by atoms with van der Waals surface area (Å²) in [7, 11) is 0. The molecule has 0 radical (unpaired) electrons. The Balaban J connectivity index is 1.98. The smallest absolute Gasteiger partial charge is 0.325 e. The lowest BCUT2D eigenvalue weighted by atomic mass is 9.73. The van der Waals surface area contributed by atoms with E-state index in [1.165, 1.54) is 0 Å². The van der Waals surface area contributed by atoms with Crippen molar-refractivity contribution in [2.75, 3.05) is 0 Å². The highest BCUT2D eigenvalue weighted by Gasteiger charge is 2.52. The van der Waals surface area contributed by atoms with E-state index in [1.54, 1.807) is 0 Å². The molecule has 82 valence electrons. The Kier molecular flexibility index (Phi) is 2.29. The Bertz CT molecular complexity index is 216. The van der Waals surface area contributed by atoms with E-state index in [4.69, 9.17) is 5.73 Å². The van der Waals surface area contributed by atoms with Crippen LogP contribution < -0.4 is 5.73 Å². The molecule has 0 aromatic rings. The largest absolute Gasteiger partial charge is 0.392 e. The lowest BCUT2D eigenvalue weighted by Gasteiger charge is -2.36. The fraction of sp³-hybridized carbons (Fsp3) is 1.00. The second kappa shape index (κ2) is 3.12. The van der Waals surface area contributed by atoms with E-state index in [0.29, 0.717) is 0 Å². The molecule has 0 aromatic heterocycles. The fourth-order valence-electron chi connectivity index (χ4n) is 2.19. The zero-order chi connectivity index (χ0) is 10.4. The highest BCUT2D eigenvalue weighted by molar-refractivity contribution is 5.02. The minimum atomic E-state index is -4.04. The van der Waals surface area contributed by atoms with Crippen molar-refractivity contribution in [1.82, 2.24) is 0 Å². The van der Waals surface area contributed by atoms with Crippen LogP contribution in [0.25, 0.3) is 0 Å². The molecule has 0 amide bonds. The summed E-state index contributed by atoms with van der Waals surface area (Å²) in [6, 6.07) is 0. The first-order chi connectivity index (χ1) is 6.41. The second-order valence-electron chi connectivity index (χ2n) is 4.91. The maximum absolute atomic E-state index is 12.7. The van der Waals surface area contributed by atoms with E-state index in [0.717, 1.165) is 32.1 Å². The van der Waals surface area contributed by atoms with Gasteiger partial charge in [-0.2, -0.15) is 13.2 Å². The molecule has 2 aliphatic carbocycles. The molecule has 2 saturated carbocycles. The second-order valence-corrected chi connectivity index (χ2v) is 4.91. The predicted molar refractivity (Wildman–Crippen MR) is 47.7 cm³/mol. The lowest BCUT2D eigenvalue weighted by molar-refractivity contribution is -0.199. The third-order valence-electron chi connectivity index (χ3n) is 3.66. The van der Waals surface area contributed by atoms with Gasteiger partial charge in [-0.1, -0.05) is 6.42 Å². The minimum absolute atomic E-state index is 0.143. The van der Waals surface area contributed by atoms with Gasteiger partial charge in [0, 0.05) is 5.54 Å². The topological polar surface area (TPSA) is 26.0 Å². The molecule has 2 rings (SSSR count). The van der Waals surface area contributed by atoms with E-state index in [2.05, 4.69) is 0 Å². The normalized spacial score (nSPS) is 28.3. The molecule has 0 aliphatic heterocycles. The zero-order valence-corrected chi connectivity index (χ0v) is 8.11. The van der Waals surface area contributed by atoms with Gasteiger partial charge >= 0.3 is 6.18 Å². The van der Waals surface area contributed by atoms with Crippen molar-refractivity contribution in [3.05, 3.63) is 0 Å². The molecule has 4 heteroatoms. The number of halogens is 3. The van der Waals surface area contributed by atoms with Crippen molar-refractivity contribution < 1.29 is 13.2 Å². The van der Waals surface area contributed by atoms with Gasteiger partial charge in [0.2, 0.25) is 0 Å². The molecule has 2 fully saturated rings. The SMILES string of the molecule is NC1(CC(C2CCC2)C(F)(F)F)CC1. The summed E-state index contributed by atoms with van der Waals surface area (Å²) in [6.07, 6.45) is 0.0785. The average Bonchev–Trinajstić information content (AvgIpc) is 2.61. The molecule has 14 heavy (non-hydrogen) atoms. The predicted octanol–water partition coefficient (Wildman–Crippen LogP) is 2.85. The molecule has 2 N–H and O–H groups in total. The van der Waals surface area contributed by atoms with Gasteiger partial charge in [-0.25, -0.2) is 0 Å². The van der Waals surface area contributed by atoms with Crippen LogP contribution in [-0.4, -0.2) is 11.7 Å². The summed E-state index contributed by atoms with van der Waals surface area (Å²) in [5, 5.41) is 0. The first-order valence-corrected chi connectivity index (χ1v) is 5.26. The molecule has 0 saturated heterocycles. The number of nitrogens with two attached hydrogens (primary N) is 1. The minimum Gasteiger partial charge on any atom is -0.325 e. The molecule has 1 unspecified atom stereocenters. The van der Waals surface area contributed by atoms with E-state index >= 15 is 0 Å². The van der Waals surface area contributed by atoms with Gasteiger partial charge in [0.05, 0.1) is 5.92 Å². The molecule has 0 heterocycles. The van der Waals surface area contributed by atoms with Gasteiger partial charge in [-0.05, 0) is 38.0 Å². The van der Waals surface area contributed by atoms with Crippen LogP contribution in [0.15, 0.2) is 0 Å². The van der Waals surface area contributed by atoms with E-state index in [9.17, 15) is 13.2 Å². The fourth-order valence-corrected chi connectivity index (χ4v) is 2.19. The Morgan fingerprint density at radius 1 is 1.29 bits per heavy atom. The van der Waals surface area contributed by atoms with Gasteiger partial charge in [-0.3, -0.25) is 0 Å². The molecular formula is C10H16F3N. The summed E-state index contributed by atoms with van der Waals surface area (Å²) in [6.45, 7) is 0. The summed E-state index contributed by atoms with van der Waals surface area (Å²) >= 11 is 0. The van der Waals surface area contributed by atoms with Crippen LogP contribution in [0.3, 0.4) is 0 Å². The third kappa shape index (κ3) is 2.05. The first kappa shape index (κ1) is 10.3. The van der Waals surface area contributed by atoms with Crippen molar-refractivity contribution in [2.45, 2.75) is 50.2 Å². The van der Waals surface area contributed by atoms with E-state index in [1.807, 2.05) is 0 Å². The molecule has 1 atom stereocenters. The molecule has 0 spiro atoms. The summed E-state index contributed by atoms with van der Waals surface area (Å²) in [5.74, 6) is -1.28. The van der Waals surface area contributed by atoms with E-state index in [-0.39, 0.29) is 12.3 Å². The molecule has 2 aliphatic rings. The Morgan fingerprint density at radius 3 is 2.14 bits per heavy atom. The van der Waals surface area contributed by atoms with Gasteiger partial charge in [-0.15, -0.1) is 0 Å². The first-order valence-electron chi connectivity index (χ1n) is 5.26. The number of alkyl halides is 3. The van der Waals surface area contributed by atoms with Crippen LogP contribution in [0, 0.1) is 11.8 Å². The highest BCUT2D eigenvalue weighted by atomic mass is 19.4. The Hall–Kier alpha value is -0.250. The Morgan fingerprint density at radius 2 is 1.86 bits per heavy atom. The summed E-state index contributed by atoms with van der Waals surface area (Å²) in [4.78, 5) is 0. The Labute approximate surface area is 81.8 Å². The van der Waals surface area contributed by atoms with Crippen molar-refractivity contribution in [2.24, 2.45) is 17.6 Å². The van der Waals surface area contributed by atoms with Crippen LogP contribution in [-0.2, 0) is 0 Å². The summed E-state index contributed by atoms with van der Waals surface area (Å²) in [5.41, 5.74) is 5.28. The molecule has 0 bridgehead atoms. The van der Waals surface area contributed by atoms with Crippen LogP contribution in [0.2, 0.25) is 0 Å². The van der Waals surface area contributed by atoms with Gasteiger partial charge in [0.25, 0.3) is 0 Å². The van der Waals surface area contributed by atoms with Crippen LogP contribution in [0.4, 0.5) is 13.2 Å². The van der Waals surface area contributed by atoms with Crippen LogP contribution in [0.1, 0.15) is 38.5 Å². The maximum Gasteiger partial charge on any atom is 0.392 e. The monoisotopic (exact) mass is 207 g/mol. The number of hydrogen-bond donors (Lipinski definition) is 1. The molecule has 0 aromatic carbocycles. The van der Waals surface area contributed by atoms with Crippen molar-refractivity contribution in [3.63, 3.8) is 0 Å². The van der Waals surface area contributed by atoms with Crippen LogP contribution in [0.5, 0.6) is 0 Å². The van der Waals surface area contributed by atoms with Crippen molar-refractivity contribution in [1.29, 1.82) is 0 Å². The molecule has 1 nitrogen and oxygen atoms in total. The van der Waals surface area contributed by atoms with Crippen molar-refractivity contribution in [3.8, 4) is 0 Å². The quantitative estimate of drug-likeness (QED) is 0.756. The summed E-state index contributed by atoms with van der Waals surface area (Å²) < 4.78 is 38.1. The maximum atomic E-state index is 12.7. The average molecular weight is 207 g/mol. The molecular weight excluding hydrogens is 191 g/mol.